The molecule has 0 aliphatic rings. The molecule has 2 atom stereocenters. The lowest BCUT2D eigenvalue weighted by atomic mass is 9.88. The van der Waals surface area contributed by atoms with Crippen molar-refractivity contribution in [3.63, 3.8) is 0 Å². The van der Waals surface area contributed by atoms with Gasteiger partial charge in [0, 0.05) is 12.6 Å². The van der Waals surface area contributed by atoms with Gasteiger partial charge < -0.3 is 10.1 Å². The van der Waals surface area contributed by atoms with E-state index in [-0.39, 0.29) is 5.60 Å². The van der Waals surface area contributed by atoms with Crippen LogP contribution in [-0.2, 0) is 4.74 Å². The summed E-state index contributed by atoms with van der Waals surface area (Å²) in [7, 11) is 0. The first-order valence-electron chi connectivity index (χ1n) is 6.87. The normalized spacial score (nSPS) is 17.4. The molecule has 0 saturated carbocycles. The molecule has 0 radical (unpaired) electrons. The quantitative estimate of drug-likeness (QED) is 0.652. The van der Waals surface area contributed by atoms with Gasteiger partial charge in [0.05, 0.1) is 5.60 Å². The first-order valence-corrected chi connectivity index (χ1v) is 6.87. The van der Waals surface area contributed by atoms with E-state index in [1.54, 1.807) is 0 Å². The Bertz CT molecular complexity index is 170. The fourth-order valence-corrected chi connectivity index (χ4v) is 2.15. The molecule has 0 aromatic rings. The van der Waals surface area contributed by atoms with Gasteiger partial charge in [0.25, 0.3) is 0 Å². The molecule has 16 heavy (non-hydrogen) atoms. The number of ether oxygens (including phenoxy) is 1. The number of nitrogens with one attached hydrogen (secondary N) is 1. The van der Waals surface area contributed by atoms with Crippen molar-refractivity contribution in [2.75, 3.05) is 13.2 Å². The molecule has 0 aliphatic heterocycles. The summed E-state index contributed by atoms with van der Waals surface area (Å²) < 4.78 is 5.96. The third-order valence-corrected chi connectivity index (χ3v) is 3.40. The van der Waals surface area contributed by atoms with Gasteiger partial charge in [-0.1, -0.05) is 27.7 Å². The van der Waals surface area contributed by atoms with E-state index < -0.39 is 0 Å². The lowest BCUT2D eigenvalue weighted by Crippen LogP contribution is -2.50. The molecule has 0 saturated heterocycles. The first-order chi connectivity index (χ1) is 7.50. The Kier molecular flexibility index (Phi) is 8.04. The highest BCUT2D eigenvalue weighted by Crippen LogP contribution is 2.24. The average Bonchev–Trinajstić information content (AvgIpc) is 2.24. The van der Waals surface area contributed by atoms with Crippen molar-refractivity contribution in [2.24, 2.45) is 5.92 Å². The molecular formula is C14H31NO. The molecule has 98 valence electrons. The fraction of sp³-hybridized carbons (Fsp3) is 1.00. The molecule has 0 amide bonds. The summed E-state index contributed by atoms with van der Waals surface area (Å²) in [6, 6.07) is 0.477. The molecular weight excluding hydrogens is 198 g/mol. The second-order valence-corrected chi connectivity index (χ2v) is 5.18. The van der Waals surface area contributed by atoms with Gasteiger partial charge in [-0.25, -0.2) is 0 Å². The molecule has 0 bridgehead atoms. The van der Waals surface area contributed by atoms with E-state index >= 15 is 0 Å². The average molecular weight is 229 g/mol. The van der Waals surface area contributed by atoms with Crippen molar-refractivity contribution in [2.45, 2.75) is 72.4 Å². The van der Waals surface area contributed by atoms with Crippen molar-refractivity contribution in [1.82, 2.24) is 5.32 Å². The Morgan fingerprint density at radius 3 is 2.12 bits per heavy atom. The molecule has 0 aromatic carbocycles. The van der Waals surface area contributed by atoms with Crippen LogP contribution in [0.2, 0.25) is 0 Å². The molecule has 0 aromatic heterocycles. The SMILES string of the molecule is CCNC(CCC(C)C)C(C)(CC)OCC. The first kappa shape index (κ1) is 15.9. The van der Waals surface area contributed by atoms with E-state index in [2.05, 4.69) is 46.9 Å². The maximum absolute atomic E-state index is 5.96. The van der Waals surface area contributed by atoms with Gasteiger partial charge in [-0.3, -0.25) is 0 Å². The Morgan fingerprint density at radius 2 is 1.75 bits per heavy atom. The number of rotatable bonds is 9. The molecule has 2 unspecified atom stereocenters. The zero-order valence-corrected chi connectivity index (χ0v) is 12.1. The standard InChI is InChI=1S/C14H31NO/c1-7-14(6,16-9-3)13(15-8-2)11-10-12(4)5/h12-13,15H,7-11H2,1-6H3. The smallest absolute Gasteiger partial charge is 0.0803 e. The van der Waals surface area contributed by atoms with Crippen LogP contribution in [0.15, 0.2) is 0 Å². The van der Waals surface area contributed by atoms with Gasteiger partial charge in [-0.05, 0) is 45.6 Å². The maximum Gasteiger partial charge on any atom is 0.0803 e. The van der Waals surface area contributed by atoms with Crippen LogP contribution in [-0.4, -0.2) is 24.8 Å². The predicted octanol–water partition coefficient (Wildman–Crippen LogP) is 3.61. The zero-order valence-electron chi connectivity index (χ0n) is 12.1. The minimum atomic E-state index is -0.0142. The van der Waals surface area contributed by atoms with Gasteiger partial charge in [-0.15, -0.1) is 0 Å². The van der Waals surface area contributed by atoms with E-state index in [1.807, 2.05) is 0 Å². The van der Waals surface area contributed by atoms with E-state index in [4.69, 9.17) is 4.74 Å². The van der Waals surface area contributed by atoms with Gasteiger partial charge >= 0.3 is 0 Å². The molecule has 0 rings (SSSR count). The largest absolute Gasteiger partial charge is 0.374 e. The highest BCUT2D eigenvalue weighted by molar-refractivity contribution is 4.88. The Labute approximate surface area is 102 Å². The molecule has 1 N–H and O–H groups in total. The van der Waals surface area contributed by atoms with Crippen LogP contribution < -0.4 is 5.32 Å². The fourth-order valence-electron chi connectivity index (χ4n) is 2.15. The van der Waals surface area contributed by atoms with Crippen molar-refractivity contribution >= 4 is 0 Å². The lowest BCUT2D eigenvalue weighted by molar-refractivity contribution is -0.0575. The minimum Gasteiger partial charge on any atom is -0.374 e. The van der Waals surface area contributed by atoms with Crippen LogP contribution in [0, 0.1) is 5.92 Å². The monoisotopic (exact) mass is 229 g/mol. The summed E-state index contributed by atoms with van der Waals surface area (Å²) in [5.41, 5.74) is -0.0142. The number of hydrogen-bond acceptors (Lipinski definition) is 2. The third kappa shape index (κ3) is 5.31. The Morgan fingerprint density at radius 1 is 1.12 bits per heavy atom. The lowest BCUT2D eigenvalue weighted by Gasteiger charge is -2.37. The van der Waals surface area contributed by atoms with Crippen molar-refractivity contribution in [1.29, 1.82) is 0 Å². The summed E-state index contributed by atoms with van der Waals surface area (Å²) >= 11 is 0. The second-order valence-electron chi connectivity index (χ2n) is 5.18. The second kappa shape index (κ2) is 8.08. The van der Waals surface area contributed by atoms with Gasteiger partial charge in [-0.2, -0.15) is 0 Å². The highest BCUT2D eigenvalue weighted by Gasteiger charge is 2.32. The van der Waals surface area contributed by atoms with Crippen LogP contribution >= 0.6 is 0 Å². The molecule has 0 fully saturated rings. The molecule has 0 aliphatic carbocycles. The Hall–Kier alpha value is -0.0800. The van der Waals surface area contributed by atoms with Crippen LogP contribution in [0.25, 0.3) is 0 Å². The predicted molar refractivity (Wildman–Crippen MR) is 71.9 cm³/mol. The third-order valence-electron chi connectivity index (χ3n) is 3.40. The van der Waals surface area contributed by atoms with Crippen LogP contribution in [0.3, 0.4) is 0 Å². The van der Waals surface area contributed by atoms with E-state index in [0.29, 0.717) is 6.04 Å². The summed E-state index contributed by atoms with van der Waals surface area (Å²) in [5.74, 6) is 0.767. The molecule has 2 nitrogen and oxygen atoms in total. The zero-order chi connectivity index (χ0) is 12.6. The number of likely N-dealkylation sites (N-methyl/N-ethyl adjacent to an activating group) is 1. The topological polar surface area (TPSA) is 21.3 Å². The summed E-state index contributed by atoms with van der Waals surface area (Å²) in [4.78, 5) is 0. The summed E-state index contributed by atoms with van der Waals surface area (Å²) in [6.07, 6.45) is 3.53. The van der Waals surface area contributed by atoms with Gasteiger partial charge in [0.15, 0.2) is 0 Å². The number of hydrogen-bond donors (Lipinski definition) is 1. The summed E-state index contributed by atoms with van der Waals surface area (Å²) in [5, 5.41) is 3.59. The van der Waals surface area contributed by atoms with Crippen molar-refractivity contribution in [3.8, 4) is 0 Å². The Balaban J connectivity index is 4.44. The molecule has 2 heteroatoms. The molecule has 0 heterocycles. The van der Waals surface area contributed by atoms with Gasteiger partial charge in [0.2, 0.25) is 0 Å². The van der Waals surface area contributed by atoms with Crippen LogP contribution in [0.5, 0.6) is 0 Å². The van der Waals surface area contributed by atoms with Crippen LogP contribution in [0.4, 0.5) is 0 Å². The van der Waals surface area contributed by atoms with Crippen molar-refractivity contribution < 1.29 is 4.74 Å². The summed E-state index contributed by atoms with van der Waals surface area (Å²) in [6.45, 7) is 15.1. The van der Waals surface area contributed by atoms with E-state index in [0.717, 1.165) is 25.5 Å². The molecule has 0 spiro atoms. The van der Waals surface area contributed by atoms with E-state index in [9.17, 15) is 0 Å². The van der Waals surface area contributed by atoms with E-state index in [1.165, 1.54) is 12.8 Å². The van der Waals surface area contributed by atoms with Crippen LogP contribution in [0.1, 0.15) is 60.8 Å². The van der Waals surface area contributed by atoms with Crippen molar-refractivity contribution in [3.05, 3.63) is 0 Å². The maximum atomic E-state index is 5.96. The highest BCUT2D eigenvalue weighted by atomic mass is 16.5. The minimum absolute atomic E-state index is 0.0142. The van der Waals surface area contributed by atoms with Gasteiger partial charge in [0.1, 0.15) is 0 Å².